The second-order valence-corrected chi connectivity index (χ2v) is 4.57. The lowest BCUT2D eigenvalue weighted by molar-refractivity contribution is -0.147. The SMILES string of the molecule is C=CCOC(=O)CN(CCN(CC(=O)O)CC(=O)O)CC(=O)O.N. The van der Waals surface area contributed by atoms with Crippen molar-refractivity contribution < 1.29 is 39.2 Å². The molecule has 11 heteroatoms. The number of carboxylic acids is 3. The predicted molar refractivity (Wildman–Crippen MR) is 82.0 cm³/mol. The molecule has 0 unspecified atom stereocenters. The van der Waals surface area contributed by atoms with Crippen molar-refractivity contribution in [3.63, 3.8) is 0 Å². The standard InChI is InChI=1S/C13H20N2O8.H3N/c1-2-5-23-13(22)9-15(8-12(20)21)4-3-14(6-10(16)17)7-11(18)19;/h2H,1,3-9H2,(H,16,17)(H,18,19)(H,20,21);1H3. The van der Waals surface area contributed by atoms with E-state index in [0.29, 0.717) is 0 Å². The van der Waals surface area contributed by atoms with Gasteiger partial charge in [-0.25, -0.2) is 0 Å². The van der Waals surface area contributed by atoms with Crippen LogP contribution in [0, 0.1) is 0 Å². The average Bonchev–Trinajstić information content (AvgIpc) is 2.40. The topological polar surface area (TPSA) is 180 Å². The van der Waals surface area contributed by atoms with Gasteiger partial charge in [-0.2, -0.15) is 0 Å². The maximum absolute atomic E-state index is 11.5. The van der Waals surface area contributed by atoms with Gasteiger partial charge in [0.25, 0.3) is 0 Å². The minimum absolute atomic E-state index is 0. The summed E-state index contributed by atoms with van der Waals surface area (Å²) < 4.78 is 4.75. The number of carbonyl (C=O) groups excluding carboxylic acids is 1. The van der Waals surface area contributed by atoms with Crippen molar-refractivity contribution in [2.75, 3.05) is 45.9 Å². The largest absolute Gasteiger partial charge is 0.480 e. The Bertz CT molecular complexity index is 438. The molecule has 6 N–H and O–H groups in total. The highest BCUT2D eigenvalue weighted by atomic mass is 16.5. The van der Waals surface area contributed by atoms with E-state index in [4.69, 9.17) is 20.1 Å². The van der Waals surface area contributed by atoms with Crippen molar-refractivity contribution in [3.05, 3.63) is 12.7 Å². The Kier molecular flexibility index (Phi) is 12.9. The zero-order valence-corrected chi connectivity index (χ0v) is 13.2. The molecule has 0 spiro atoms. The summed E-state index contributed by atoms with van der Waals surface area (Å²) in [5.41, 5.74) is 0. The van der Waals surface area contributed by atoms with E-state index in [9.17, 15) is 19.2 Å². The Balaban J connectivity index is 0. The van der Waals surface area contributed by atoms with E-state index in [2.05, 4.69) is 6.58 Å². The Hall–Kier alpha value is -2.50. The number of rotatable bonds is 13. The molecule has 138 valence electrons. The Morgan fingerprint density at radius 2 is 1.21 bits per heavy atom. The van der Waals surface area contributed by atoms with Crippen LogP contribution in [0.25, 0.3) is 0 Å². The molecule has 0 aromatic carbocycles. The number of carboxylic acid groups (broad SMARTS) is 3. The second kappa shape index (κ2) is 13.0. The van der Waals surface area contributed by atoms with E-state index in [1.165, 1.54) is 11.0 Å². The lowest BCUT2D eigenvalue weighted by Crippen LogP contribution is -2.43. The van der Waals surface area contributed by atoms with E-state index in [1.54, 1.807) is 0 Å². The van der Waals surface area contributed by atoms with Crippen molar-refractivity contribution >= 4 is 23.9 Å². The number of hydrogen-bond acceptors (Lipinski definition) is 8. The summed E-state index contributed by atoms with van der Waals surface area (Å²) in [7, 11) is 0. The number of hydrogen-bond donors (Lipinski definition) is 4. The number of aliphatic carboxylic acids is 3. The highest BCUT2D eigenvalue weighted by Gasteiger charge is 2.18. The molecule has 0 heterocycles. The molecule has 0 radical (unpaired) electrons. The summed E-state index contributed by atoms with van der Waals surface area (Å²) in [5.74, 6) is -4.25. The smallest absolute Gasteiger partial charge is 0.320 e. The van der Waals surface area contributed by atoms with Crippen molar-refractivity contribution in [1.82, 2.24) is 16.0 Å². The molecule has 0 aromatic rings. The summed E-state index contributed by atoms with van der Waals surface area (Å²) >= 11 is 0. The molecule has 0 saturated carbocycles. The van der Waals surface area contributed by atoms with Gasteiger partial charge in [0.05, 0.1) is 26.2 Å². The molecule has 0 aliphatic rings. The average molecular weight is 349 g/mol. The van der Waals surface area contributed by atoms with Crippen molar-refractivity contribution in [1.29, 1.82) is 0 Å². The Morgan fingerprint density at radius 3 is 1.54 bits per heavy atom. The summed E-state index contributed by atoms with van der Waals surface area (Å²) in [5, 5.41) is 26.3. The van der Waals surface area contributed by atoms with E-state index < -0.39 is 43.5 Å². The molecule has 0 fully saturated rings. The van der Waals surface area contributed by atoms with E-state index >= 15 is 0 Å². The molecule has 11 nitrogen and oxygen atoms in total. The van der Waals surface area contributed by atoms with Crippen LogP contribution in [0.2, 0.25) is 0 Å². The zero-order chi connectivity index (χ0) is 17.8. The second-order valence-electron chi connectivity index (χ2n) is 4.57. The van der Waals surface area contributed by atoms with Gasteiger partial charge < -0.3 is 26.2 Å². The van der Waals surface area contributed by atoms with Gasteiger partial charge in [0, 0.05) is 13.1 Å². The fraction of sp³-hybridized carbons (Fsp3) is 0.538. The molecule has 0 aromatic heterocycles. The molecule has 0 atom stereocenters. The van der Waals surface area contributed by atoms with Gasteiger partial charge in [0.15, 0.2) is 0 Å². The third-order valence-corrected chi connectivity index (χ3v) is 2.52. The Labute approximate surface area is 138 Å². The minimum Gasteiger partial charge on any atom is -0.480 e. The number of nitrogens with zero attached hydrogens (tertiary/aromatic N) is 2. The van der Waals surface area contributed by atoms with Crippen LogP contribution in [-0.4, -0.2) is 94.9 Å². The zero-order valence-electron chi connectivity index (χ0n) is 13.2. The first-order valence-electron chi connectivity index (χ1n) is 6.61. The maximum Gasteiger partial charge on any atom is 0.320 e. The normalized spacial score (nSPS) is 10.1. The lowest BCUT2D eigenvalue weighted by Gasteiger charge is -2.24. The molecule has 0 aliphatic carbocycles. The van der Waals surface area contributed by atoms with Crippen molar-refractivity contribution in [2.45, 2.75) is 0 Å². The molecule has 0 saturated heterocycles. The molecular formula is C13H23N3O8. The molecule has 0 amide bonds. The van der Waals surface area contributed by atoms with Gasteiger partial charge >= 0.3 is 23.9 Å². The molecule has 0 aliphatic heterocycles. The first-order chi connectivity index (χ1) is 10.7. The molecule has 24 heavy (non-hydrogen) atoms. The van der Waals surface area contributed by atoms with Crippen LogP contribution in [0.5, 0.6) is 0 Å². The number of esters is 1. The van der Waals surface area contributed by atoms with E-state index in [0.717, 1.165) is 4.90 Å². The van der Waals surface area contributed by atoms with Crippen LogP contribution in [-0.2, 0) is 23.9 Å². The van der Waals surface area contributed by atoms with E-state index in [1.807, 2.05) is 0 Å². The van der Waals surface area contributed by atoms with E-state index in [-0.39, 0.29) is 32.4 Å². The monoisotopic (exact) mass is 349 g/mol. The van der Waals surface area contributed by atoms with Gasteiger partial charge in [-0.05, 0) is 0 Å². The summed E-state index contributed by atoms with van der Waals surface area (Å²) in [6.45, 7) is 1.55. The van der Waals surface area contributed by atoms with Crippen molar-refractivity contribution in [2.24, 2.45) is 0 Å². The summed E-state index contributed by atoms with van der Waals surface area (Å²) in [4.78, 5) is 46.0. The molecule has 0 rings (SSSR count). The van der Waals surface area contributed by atoms with Gasteiger partial charge in [0.1, 0.15) is 6.61 Å². The van der Waals surface area contributed by atoms with Gasteiger partial charge in [-0.3, -0.25) is 29.0 Å². The van der Waals surface area contributed by atoms with Crippen LogP contribution in [0.15, 0.2) is 12.7 Å². The maximum atomic E-state index is 11.5. The van der Waals surface area contributed by atoms with Gasteiger partial charge in [-0.15, -0.1) is 0 Å². The minimum atomic E-state index is -1.21. The van der Waals surface area contributed by atoms with Gasteiger partial charge in [-0.1, -0.05) is 12.7 Å². The predicted octanol–water partition coefficient (Wildman–Crippen LogP) is -1.26. The van der Waals surface area contributed by atoms with Crippen LogP contribution < -0.4 is 6.15 Å². The fourth-order valence-electron chi connectivity index (χ4n) is 1.66. The first-order valence-corrected chi connectivity index (χ1v) is 6.61. The summed E-state index contributed by atoms with van der Waals surface area (Å²) in [6, 6.07) is 0. The number of carbonyl (C=O) groups is 4. The lowest BCUT2D eigenvalue weighted by atomic mass is 10.4. The Morgan fingerprint density at radius 1 is 0.833 bits per heavy atom. The van der Waals surface area contributed by atoms with Crippen LogP contribution in [0.4, 0.5) is 0 Å². The fourth-order valence-corrected chi connectivity index (χ4v) is 1.66. The van der Waals surface area contributed by atoms with Crippen LogP contribution in [0.1, 0.15) is 0 Å². The summed E-state index contributed by atoms with van der Waals surface area (Å²) in [6.07, 6.45) is 1.36. The third-order valence-electron chi connectivity index (χ3n) is 2.52. The first kappa shape index (κ1) is 23.8. The highest BCUT2D eigenvalue weighted by Crippen LogP contribution is 1.95. The van der Waals surface area contributed by atoms with Crippen LogP contribution >= 0.6 is 0 Å². The number of ether oxygens (including phenoxy) is 1. The van der Waals surface area contributed by atoms with Crippen LogP contribution in [0.3, 0.4) is 0 Å². The van der Waals surface area contributed by atoms with Crippen molar-refractivity contribution in [3.8, 4) is 0 Å². The quantitative estimate of drug-likeness (QED) is 0.230. The van der Waals surface area contributed by atoms with Gasteiger partial charge in [0.2, 0.25) is 0 Å². The molecular weight excluding hydrogens is 326 g/mol. The third kappa shape index (κ3) is 13.2. The molecule has 0 bridgehead atoms. The highest BCUT2D eigenvalue weighted by molar-refractivity contribution is 5.74.